The van der Waals surface area contributed by atoms with E-state index < -0.39 is 0 Å². The summed E-state index contributed by atoms with van der Waals surface area (Å²) < 4.78 is 0. The van der Waals surface area contributed by atoms with Crippen LogP contribution in [0.5, 0.6) is 0 Å². The predicted molar refractivity (Wildman–Crippen MR) is 107 cm³/mol. The van der Waals surface area contributed by atoms with Gasteiger partial charge in [-0.2, -0.15) is 0 Å². The third kappa shape index (κ3) is 6.68. The summed E-state index contributed by atoms with van der Waals surface area (Å²) in [6.45, 7) is 10.5. The van der Waals surface area contributed by atoms with E-state index in [0.717, 1.165) is 70.6 Å². The number of unbranched alkanes of at least 4 members (excludes halogenated alkanes) is 2. The number of carbonyl (C=O) groups excluding carboxylic acids is 2. The number of hydrogen-bond acceptors (Lipinski definition) is 3. The van der Waals surface area contributed by atoms with E-state index in [2.05, 4.69) is 23.6 Å². The number of Topliss-reactive ketones (excluding diaryl/α,β-unsaturated/α-hetero) is 1. The maximum atomic E-state index is 12.4. The van der Waals surface area contributed by atoms with Crippen LogP contribution in [0.3, 0.4) is 0 Å². The van der Waals surface area contributed by atoms with E-state index in [1.54, 1.807) is 0 Å². The SMILES string of the molecule is CCC(=O)C1CCN(C2CCN(C(=O)CCCCCC(C)C)CC2)CC1. The number of rotatable bonds is 9. The summed E-state index contributed by atoms with van der Waals surface area (Å²) >= 11 is 0. The predicted octanol–water partition coefficient (Wildman–Crippen LogP) is 4.28. The number of ketones is 1. The van der Waals surface area contributed by atoms with Crippen LogP contribution in [0.2, 0.25) is 0 Å². The summed E-state index contributed by atoms with van der Waals surface area (Å²) in [6, 6.07) is 0.614. The molecular formula is C22H40N2O2. The molecule has 0 saturated carbocycles. The normalized spacial score (nSPS) is 20.7. The van der Waals surface area contributed by atoms with Gasteiger partial charge in [-0.1, -0.05) is 40.0 Å². The van der Waals surface area contributed by atoms with Crippen molar-refractivity contribution in [3.05, 3.63) is 0 Å². The van der Waals surface area contributed by atoms with E-state index in [1.807, 2.05) is 6.92 Å². The topological polar surface area (TPSA) is 40.6 Å². The molecule has 1 amide bonds. The van der Waals surface area contributed by atoms with E-state index >= 15 is 0 Å². The quantitative estimate of drug-likeness (QED) is 0.574. The van der Waals surface area contributed by atoms with Crippen molar-refractivity contribution in [3.8, 4) is 0 Å². The van der Waals surface area contributed by atoms with Crippen LogP contribution in [0.15, 0.2) is 0 Å². The highest BCUT2D eigenvalue weighted by Gasteiger charge is 2.30. The number of amides is 1. The lowest BCUT2D eigenvalue weighted by molar-refractivity contribution is -0.133. The maximum Gasteiger partial charge on any atom is 0.222 e. The third-order valence-electron chi connectivity index (χ3n) is 6.34. The summed E-state index contributed by atoms with van der Waals surface area (Å²) in [5.74, 6) is 1.88. The molecule has 2 fully saturated rings. The highest BCUT2D eigenvalue weighted by molar-refractivity contribution is 5.80. The van der Waals surface area contributed by atoms with Crippen molar-refractivity contribution in [3.63, 3.8) is 0 Å². The molecule has 4 nitrogen and oxygen atoms in total. The standard InChI is InChI=1S/C22H40N2O2/c1-4-21(25)19-10-14-23(15-11-19)20-12-16-24(17-13-20)22(26)9-7-5-6-8-18(2)3/h18-20H,4-17H2,1-3H3. The first kappa shape index (κ1) is 21.4. The highest BCUT2D eigenvalue weighted by atomic mass is 16.2. The Hall–Kier alpha value is -0.900. The van der Waals surface area contributed by atoms with Gasteiger partial charge in [-0.3, -0.25) is 9.59 Å². The van der Waals surface area contributed by atoms with Crippen molar-refractivity contribution in [1.29, 1.82) is 0 Å². The van der Waals surface area contributed by atoms with Gasteiger partial charge in [0.1, 0.15) is 5.78 Å². The lowest BCUT2D eigenvalue weighted by atomic mass is 9.89. The number of nitrogens with zero attached hydrogens (tertiary/aromatic N) is 2. The van der Waals surface area contributed by atoms with Gasteiger partial charge in [0.25, 0.3) is 0 Å². The fourth-order valence-corrected chi connectivity index (χ4v) is 4.52. The molecule has 150 valence electrons. The van der Waals surface area contributed by atoms with Gasteiger partial charge in [-0.25, -0.2) is 0 Å². The molecule has 0 aromatic heterocycles. The van der Waals surface area contributed by atoms with Crippen molar-refractivity contribution in [2.75, 3.05) is 26.2 Å². The molecule has 0 aliphatic carbocycles. The first-order valence-electron chi connectivity index (χ1n) is 11.1. The third-order valence-corrected chi connectivity index (χ3v) is 6.34. The van der Waals surface area contributed by atoms with Crippen molar-refractivity contribution >= 4 is 11.7 Å². The van der Waals surface area contributed by atoms with Gasteiger partial charge in [0, 0.05) is 37.9 Å². The molecule has 0 atom stereocenters. The Morgan fingerprint density at radius 1 is 0.923 bits per heavy atom. The average molecular weight is 365 g/mol. The number of likely N-dealkylation sites (tertiary alicyclic amines) is 2. The van der Waals surface area contributed by atoms with Crippen LogP contribution < -0.4 is 0 Å². The largest absolute Gasteiger partial charge is 0.343 e. The molecule has 0 bridgehead atoms. The molecule has 0 aromatic carbocycles. The lowest BCUT2D eigenvalue weighted by Gasteiger charge is -2.41. The van der Waals surface area contributed by atoms with Gasteiger partial charge in [0.05, 0.1) is 0 Å². The Labute approximate surface area is 160 Å². The number of carbonyl (C=O) groups is 2. The van der Waals surface area contributed by atoms with Crippen molar-refractivity contribution in [2.24, 2.45) is 11.8 Å². The van der Waals surface area contributed by atoms with Crippen LogP contribution in [0.25, 0.3) is 0 Å². The average Bonchev–Trinajstić information content (AvgIpc) is 2.67. The van der Waals surface area contributed by atoms with Crippen LogP contribution in [0, 0.1) is 11.8 Å². The summed E-state index contributed by atoms with van der Waals surface area (Å²) in [5, 5.41) is 0. The van der Waals surface area contributed by atoms with E-state index in [-0.39, 0.29) is 0 Å². The fraction of sp³-hybridized carbons (Fsp3) is 0.909. The smallest absolute Gasteiger partial charge is 0.222 e. The van der Waals surface area contributed by atoms with E-state index in [1.165, 1.54) is 19.3 Å². The van der Waals surface area contributed by atoms with Crippen LogP contribution in [-0.4, -0.2) is 53.7 Å². The van der Waals surface area contributed by atoms with Crippen molar-refractivity contribution in [1.82, 2.24) is 9.80 Å². The summed E-state index contributed by atoms with van der Waals surface area (Å²) in [5.41, 5.74) is 0. The number of hydrogen-bond donors (Lipinski definition) is 0. The zero-order valence-corrected chi connectivity index (χ0v) is 17.3. The molecule has 0 aromatic rings. The Morgan fingerprint density at radius 2 is 1.58 bits per heavy atom. The Balaban J connectivity index is 1.61. The Bertz CT molecular complexity index is 433. The van der Waals surface area contributed by atoms with E-state index in [4.69, 9.17) is 0 Å². The molecule has 0 radical (unpaired) electrons. The first-order valence-corrected chi connectivity index (χ1v) is 11.1. The molecule has 4 heteroatoms. The minimum atomic E-state index is 0.300. The monoisotopic (exact) mass is 364 g/mol. The van der Waals surface area contributed by atoms with Crippen molar-refractivity contribution < 1.29 is 9.59 Å². The Morgan fingerprint density at radius 3 is 2.15 bits per heavy atom. The second-order valence-electron chi connectivity index (χ2n) is 8.74. The second-order valence-corrected chi connectivity index (χ2v) is 8.74. The maximum absolute atomic E-state index is 12.4. The van der Waals surface area contributed by atoms with Gasteiger partial charge in [-0.05, 0) is 51.1 Å². The summed E-state index contributed by atoms with van der Waals surface area (Å²) in [7, 11) is 0. The molecule has 2 heterocycles. The Kier molecular flexibility index (Phi) is 9.10. The molecule has 0 N–H and O–H groups in total. The molecule has 2 rings (SSSR count). The van der Waals surface area contributed by atoms with Crippen LogP contribution in [-0.2, 0) is 9.59 Å². The van der Waals surface area contributed by atoms with Gasteiger partial charge >= 0.3 is 0 Å². The summed E-state index contributed by atoms with van der Waals surface area (Å²) in [6.07, 6.45) is 10.4. The number of piperidine rings is 2. The van der Waals surface area contributed by atoms with Gasteiger partial charge in [0.2, 0.25) is 5.91 Å². The molecule has 2 aliphatic rings. The van der Waals surface area contributed by atoms with E-state index in [0.29, 0.717) is 30.1 Å². The second kappa shape index (κ2) is 11.1. The highest BCUT2D eigenvalue weighted by Crippen LogP contribution is 2.25. The van der Waals surface area contributed by atoms with Gasteiger partial charge < -0.3 is 9.80 Å². The fourth-order valence-electron chi connectivity index (χ4n) is 4.52. The molecule has 2 saturated heterocycles. The minimum absolute atomic E-state index is 0.300. The molecule has 0 unspecified atom stereocenters. The van der Waals surface area contributed by atoms with Crippen LogP contribution in [0.1, 0.15) is 85.0 Å². The molecular weight excluding hydrogens is 324 g/mol. The minimum Gasteiger partial charge on any atom is -0.343 e. The zero-order chi connectivity index (χ0) is 18.9. The van der Waals surface area contributed by atoms with E-state index in [9.17, 15) is 9.59 Å². The van der Waals surface area contributed by atoms with Gasteiger partial charge in [0.15, 0.2) is 0 Å². The van der Waals surface area contributed by atoms with Crippen LogP contribution >= 0.6 is 0 Å². The molecule has 26 heavy (non-hydrogen) atoms. The lowest BCUT2D eigenvalue weighted by Crippen LogP contribution is -2.49. The first-order chi connectivity index (χ1) is 12.5. The van der Waals surface area contributed by atoms with Crippen LogP contribution in [0.4, 0.5) is 0 Å². The van der Waals surface area contributed by atoms with Gasteiger partial charge in [-0.15, -0.1) is 0 Å². The molecule has 2 aliphatic heterocycles. The van der Waals surface area contributed by atoms with Crippen molar-refractivity contribution in [2.45, 2.75) is 91.0 Å². The summed E-state index contributed by atoms with van der Waals surface area (Å²) in [4.78, 5) is 28.9. The zero-order valence-electron chi connectivity index (χ0n) is 17.3. The molecule has 0 spiro atoms.